The highest BCUT2D eigenvalue weighted by molar-refractivity contribution is 7.99. The zero-order valence-corrected chi connectivity index (χ0v) is 30.8. The predicted molar refractivity (Wildman–Crippen MR) is 196 cm³/mol. The fourth-order valence-corrected chi connectivity index (χ4v) is 7.74. The molecular formula is C36H39N7O6S2. The van der Waals surface area contributed by atoms with E-state index in [9.17, 15) is 18.7 Å². The van der Waals surface area contributed by atoms with E-state index in [4.69, 9.17) is 14.2 Å². The second-order valence-electron chi connectivity index (χ2n) is 12.5. The number of hydrogen-bond acceptors (Lipinski definition) is 9. The number of imidazole rings is 1. The molecule has 2 aromatic heterocycles. The van der Waals surface area contributed by atoms with E-state index in [-0.39, 0.29) is 29.4 Å². The van der Waals surface area contributed by atoms with Crippen LogP contribution in [0.5, 0.6) is 5.75 Å². The van der Waals surface area contributed by atoms with Gasteiger partial charge in [0.1, 0.15) is 23.6 Å². The quantitative estimate of drug-likeness (QED) is 0.0722. The third-order valence-electron chi connectivity index (χ3n) is 7.76. The minimum Gasteiger partial charge on any atom is -0.495 e. The van der Waals surface area contributed by atoms with Gasteiger partial charge in [0.2, 0.25) is 0 Å². The molecule has 266 valence electrons. The zero-order chi connectivity index (χ0) is 36.9. The van der Waals surface area contributed by atoms with Gasteiger partial charge >= 0.3 is 6.09 Å². The van der Waals surface area contributed by atoms with E-state index < -0.39 is 27.8 Å². The number of rotatable bonds is 13. The number of amides is 1. The van der Waals surface area contributed by atoms with Gasteiger partial charge in [-0.1, -0.05) is 59.4 Å². The molecule has 0 radical (unpaired) electrons. The first kappa shape index (κ1) is 37.1. The molecule has 0 saturated carbocycles. The highest BCUT2D eigenvalue weighted by atomic mass is 32.2. The summed E-state index contributed by atoms with van der Waals surface area (Å²) < 4.78 is 48.7. The van der Waals surface area contributed by atoms with Crippen molar-refractivity contribution in [2.24, 2.45) is 5.11 Å². The summed E-state index contributed by atoms with van der Waals surface area (Å²) in [6, 6.07) is 18.6. The number of azide groups is 1. The van der Waals surface area contributed by atoms with Crippen LogP contribution in [0, 0.1) is 6.92 Å². The van der Waals surface area contributed by atoms with Gasteiger partial charge in [-0.3, -0.25) is 4.57 Å². The van der Waals surface area contributed by atoms with Crippen LogP contribution in [0.15, 0.2) is 106 Å². The van der Waals surface area contributed by atoms with Crippen molar-refractivity contribution in [3.8, 4) is 5.75 Å². The van der Waals surface area contributed by atoms with E-state index in [1.807, 2.05) is 41.8 Å². The number of aryl methyl sites for hydroxylation is 1. The molecule has 0 fully saturated rings. The summed E-state index contributed by atoms with van der Waals surface area (Å²) in [4.78, 5) is 21.8. The lowest BCUT2D eigenvalue weighted by Crippen LogP contribution is -2.36. The summed E-state index contributed by atoms with van der Waals surface area (Å²) in [5.41, 5.74) is 11.5. The Hall–Kier alpha value is -5.21. The molecule has 1 unspecified atom stereocenters. The van der Waals surface area contributed by atoms with Crippen LogP contribution in [0.2, 0.25) is 0 Å². The topological polar surface area (TPSA) is 162 Å². The minimum atomic E-state index is -4.24. The average Bonchev–Trinajstić information content (AvgIpc) is 3.68. The number of nitrogens with one attached hydrogen (secondary N) is 1. The van der Waals surface area contributed by atoms with Gasteiger partial charge in [-0.15, -0.1) is 0 Å². The second kappa shape index (κ2) is 15.4. The summed E-state index contributed by atoms with van der Waals surface area (Å²) in [5.74, 6) is 0.244. The van der Waals surface area contributed by atoms with Crippen molar-refractivity contribution in [1.29, 1.82) is 0 Å². The standard InChI is InChI=1S/C36H39N7O6S2/c1-23-13-15-26(16-14-23)51(45,46)43-21-28(29(19-39-41-37)40-35(44)49-36(3,4)5)32-27(17-18-31(48-7)33(32)43)24(2)30-20-38-34(42(30)22-47-6)50-25-11-9-8-10-12-25/h8-18,20-21,29H,2,19,22H2,1,3-7H3,(H,40,44). The fraction of sp³-hybridized carbons (Fsp3) is 0.278. The number of ether oxygens (including phenoxy) is 3. The lowest BCUT2D eigenvalue weighted by atomic mass is 9.95. The van der Waals surface area contributed by atoms with E-state index in [1.54, 1.807) is 58.3 Å². The van der Waals surface area contributed by atoms with E-state index in [2.05, 4.69) is 26.9 Å². The Labute approximate surface area is 300 Å². The number of carbonyl (C=O) groups excluding carboxylic acids is 1. The normalized spacial score (nSPS) is 12.3. The van der Waals surface area contributed by atoms with Crippen molar-refractivity contribution in [2.75, 3.05) is 20.8 Å². The first-order valence-electron chi connectivity index (χ1n) is 15.8. The third-order valence-corrected chi connectivity index (χ3v) is 10.5. The van der Waals surface area contributed by atoms with Crippen LogP contribution in [0.3, 0.4) is 0 Å². The first-order valence-corrected chi connectivity index (χ1v) is 18.1. The number of fused-ring (bicyclic) bond motifs is 1. The summed E-state index contributed by atoms with van der Waals surface area (Å²) in [5, 5.41) is 7.60. The van der Waals surface area contributed by atoms with Crippen molar-refractivity contribution in [3.05, 3.63) is 119 Å². The van der Waals surface area contributed by atoms with Gasteiger partial charge in [0.25, 0.3) is 10.0 Å². The average molecular weight is 730 g/mol. The Bertz CT molecular complexity index is 2220. The van der Waals surface area contributed by atoms with Crippen molar-refractivity contribution in [1.82, 2.24) is 18.8 Å². The molecule has 0 spiro atoms. The monoisotopic (exact) mass is 729 g/mol. The molecular weight excluding hydrogens is 691 g/mol. The molecule has 1 N–H and O–H groups in total. The van der Waals surface area contributed by atoms with Crippen LogP contribution < -0.4 is 10.1 Å². The van der Waals surface area contributed by atoms with Gasteiger partial charge in [0, 0.05) is 39.6 Å². The Morgan fingerprint density at radius 2 is 1.80 bits per heavy atom. The van der Waals surface area contributed by atoms with E-state index in [0.29, 0.717) is 32.9 Å². The van der Waals surface area contributed by atoms with Crippen LogP contribution >= 0.6 is 11.8 Å². The molecule has 0 aliphatic rings. The Morgan fingerprint density at radius 3 is 2.43 bits per heavy atom. The maximum Gasteiger partial charge on any atom is 0.408 e. The highest BCUT2D eigenvalue weighted by Crippen LogP contribution is 2.42. The van der Waals surface area contributed by atoms with Crippen LogP contribution in [0.1, 0.15) is 49.2 Å². The molecule has 0 saturated heterocycles. The van der Waals surface area contributed by atoms with Gasteiger partial charge < -0.3 is 19.5 Å². The number of methoxy groups -OCH3 is 2. The van der Waals surface area contributed by atoms with Crippen molar-refractivity contribution in [2.45, 2.75) is 61.0 Å². The van der Waals surface area contributed by atoms with Crippen molar-refractivity contribution < 1.29 is 27.4 Å². The van der Waals surface area contributed by atoms with Gasteiger partial charge in [0.15, 0.2) is 5.16 Å². The second-order valence-corrected chi connectivity index (χ2v) is 15.4. The van der Waals surface area contributed by atoms with Crippen LogP contribution in [0.25, 0.3) is 26.9 Å². The maximum absolute atomic E-state index is 14.4. The third kappa shape index (κ3) is 8.07. The minimum absolute atomic E-state index is 0.0373. The lowest BCUT2D eigenvalue weighted by Gasteiger charge is -2.23. The summed E-state index contributed by atoms with van der Waals surface area (Å²) in [6.45, 7) is 11.4. The smallest absolute Gasteiger partial charge is 0.408 e. The largest absolute Gasteiger partial charge is 0.495 e. The summed E-state index contributed by atoms with van der Waals surface area (Å²) in [7, 11) is -1.23. The number of carbonyl (C=O) groups is 1. The number of hydrogen-bond donors (Lipinski definition) is 1. The highest BCUT2D eigenvalue weighted by Gasteiger charge is 2.31. The predicted octanol–water partition coefficient (Wildman–Crippen LogP) is 8.08. The summed E-state index contributed by atoms with van der Waals surface area (Å²) >= 11 is 1.45. The Kier molecular flexibility index (Phi) is 11.2. The van der Waals surface area contributed by atoms with E-state index in [0.717, 1.165) is 14.4 Å². The SMILES string of the molecule is C=C(c1ccc(OC)c2c1c(C(CN=[N+]=[N-])NC(=O)OC(C)(C)C)cn2S(=O)(=O)c1ccc(C)cc1)c1cnc(Sc2ccccc2)n1COC. The Morgan fingerprint density at radius 1 is 1.10 bits per heavy atom. The first-order chi connectivity index (χ1) is 24.3. The van der Waals surface area contributed by atoms with Gasteiger partial charge in [-0.05, 0) is 75.2 Å². The lowest BCUT2D eigenvalue weighted by molar-refractivity contribution is 0.0505. The van der Waals surface area contributed by atoms with Crippen LogP contribution in [-0.4, -0.2) is 54.4 Å². The molecule has 0 aliphatic heterocycles. The molecule has 13 nitrogen and oxygen atoms in total. The van der Waals surface area contributed by atoms with E-state index >= 15 is 0 Å². The van der Waals surface area contributed by atoms with Crippen molar-refractivity contribution in [3.63, 3.8) is 0 Å². The molecule has 15 heteroatoms. The van der Waals surface area contributed by atoms with E-state index in [1.165, 1.54) is 37.2 Å². The molecule has 51 heavy (non-hydrogen) atoms. The number of alkyl carbamates (subject to hydrolysis) is 1. The van der Waals surface area contributed by atoms with Gasteiger partial charge in [-0.2, -0.15) is 0 Å². The van der Waals surface area contributed by atoms with Gasteiger partial charge in [-0.25, -0.2) is 22.2 Å². The zero-order valence-electron chi connectivity index (χ0n) is 29.2. The molecule has 1 atom stereocenters. The maximum atomic E-state index is 14.4. The number of benzene rings is 3. The van der Waals surface area contributed by atoms with Crippen molar-refractivity contribution >= 4 is 44.4 Å². The molecule has 1 amide bonds. The molecule has 2 heterocycles. The molecule has 3 aromatic carbocycles. The Balaban J connectivity index is 1.78. The molecule has 0 aliphatic carbocycles. The van der Waals surface area contributed by atoms with Gasteiger partial charge in [0.05, 0.1) is 36.5 Å². The summed E-state index contributed by atoms with van der Waals surface area (Å²) in [6.07, 6.45) is 2.31. The number of aromatic nitrogens is 3. The fourth-order valence-electron chi connectivity index (χ4n) is 5.49. The number of nitrogens with zero attached hydrogens (tertiary/aromatic N) is 6. The molecule has 5 rings (SSSR count). The van der Waals surface area contributed by atoms with Crippen LogP contribution in [0.4, 0.5) is 4.79 Å². The van der Waals surface area contributed by atoms with Crippen LogP contribution in [-0.2, 0) is 26.2 Å². The molecule has 0 bridgehead atoms. The molecule has 5 aromatic rings.